The van der Waals surface area contributed by atoms with Crippen molar-refractivity contribution in [1.82, 2.24) is 10.2 Å². The Kier molecular flexibility index (Phi) is 6.16. The predicted octanol–water partition coefficient (Wildman–Crippen LogP) is 2.02. The number of carbonyl (C=O) groups is 4. The number of thioether (sulfide) groups is 1. The molecule has 2 aromatic carbocycles. The number of rotatable bonds is 8. The number of fused-ring (bicyclic) bond motifs is 1. The second-order valence-corrected chi connectivity index (χ2v) is 10.2. The fourth-order valence-electron chi connectivity index (χ4n) is 4.18. The van der Waals surface area contributed by atoms with Gasteiger partial charge in [-0.25, -0.2) is 4.79 Å². The number of hydrogen-bond acceptors (Lipinski definition) is 7. The van der Waals surface area contributed by atoms with E-state index in [2.05, 4.69) is 5.32 Å². The van der Waals surface area contributed by atoms with Crippen molar-refractivity contribution in [2.24, 2.45) is 0 Å². The van der Waals surface area contributed by atoms with Gasteiger partial charge in [0.15, 0.2) is 0 Å². The Labute approximate surface area is 195 Å². The van der Waals surface area contributed by atoms with Crippen molar-refractivity contribution in [2.75, 3.05) is 0 Å². The largest absolute Gasteiger partial charge is 0.459 e. The first-order valence-electron chi connectivity index (χ1n) is 10.5. The van der Waals surface area contributed by atoms with Crippen LogP contribution < -0.4 is 5.32 Å². The van der Waals surface area contributed by atoms with Gasteiger partial charge in [-0.05, 0) is 25.0 Å². The molecule has 0 radical (unpaired) electrons. The number of benzene rings is 2. The van der Waals surface area contributed by atoms with E-state index in [4.69, 9.17) is 9.47 Å². The number of amides is 2. The summed E-state index contributed by atoms with van der Waals surface area (Å²) in [4.78, 5) is 51.5. The van der Waals surface area contributed by atoms with Crippen LogP contribution in [-0.2, 0) is 41.7 Å². The average molecular weight is 469 g/mol. The first-order valence-corrected chi connectivity index (χ1v) is 11.3. The molecule has 2 heterocycles. The van der Waals surface area contributed by atoms with Gasteiger partial charge in [-0.1, -0.05) is 60.7 Å². The number of nitrogens with zero attached hydrogens (tertiary/aromatic N) is 1. The lowest BCUT2D eigenvalue weighted by molar-refractivity contribution is -0.204. The van der Waals surface area contributed by atoms with Crippen LogP contribution in [0.3, 0.4) is 0 Å². The second-order valence-electron chi connectivity index (χ2n) is 8.44. The van der Waals surface area contributed by atoms with E-state index < -0.39 is 39.7 Å². The van der Waals surface area contributed by atoms with E-state index in [1.165, 1.54) is 16.7 Å². The van der Waals surface area contributed by atoms with Crippen molar-refractivity contribution in [3.63, 3.8) is 0 Å². The normalized spacial score (nSPS) is 24.9. The predicted molar refractivity (Wildman–Crippen MR) is 120 cm³/mol. The zero-order valence-corrected chi connectivity index (χ0v) is 19.0. The van der Waals surface area contributed by atoms with Crippen LogP contribution in [0.4, 0.5) is 0 Å². The third-order valence-electron chi connectivity index (χ3n) is 5.72. The van der Waals surface area contributed by atoms with E-state index in [-0.39, 0.29) is 19.5 Å². The zero-order valence-electron chi connectivity index (χ0n) is 18.2. The van der Waals surface area contributed by atoms with Crippen LogP contribution in [-0.4, -0.2) is 51.0 Å². The van der Waals surface area contributed by atoms with Gasteiger partial charge in [-0.2, -0.15) is 0 Å². The molecule has 2 fully saturated rings. The highest BCUT2D eigenvalue weighted by Crippen LogP contribution is 2.55. The number of hydrogen-bond donors (Lipinski definition) is 1. The van der Waals surface area contributed by atoms with Gasteiger partial charge in [-0.15, -0.1) is 11.8 Å². The Morgan fingerprint density at radius 3 is 2.27 bits per heavy atom. The molecule has 2 saturated heterocycles. The number of esters is 1. The first kappa shape index (κ1) is 22.8. The van der Waals surface area contributed by atoms with Gasteiger partial charge in [-0.3, -0.25) is 14.4 Å². The van der Waals surface area contributed by atoms with Gasteiger partial charge in [0, 0.05) is 4.75 Å². The summed E-state index contributed by atoms with van der Waals surface area (Å²) in [6, 6.07) is 17.3. The lowest BCUT2D eigenvalue weighted by atomic mass is 9.93. The smallest absolute Gasteiger partial charge is 0.330 e. The van der Waals surface area contributed by atoms with Crippen molar-refractivity contribution in [3.8, 4) is 0 Å². The van der Waals surface area contributed by atoms with E-state index in [1.54, 1.807) is 24.3 Å². The Balaban J connectivity index is 1.50. The number of ether oxygens (including phenoxy) is 2. The van der Waals surface area contributed by atoms with Gasteiger partial charge < -0.3 is 19.7 Å². The van der Waals surface area contributed by atoms with Crippen LogP contribution in [0.15, 0.2) is 60.7 Å². The van der Waals surface area contributed by atoms with Gasteiger partial charge in [0.25, 0.3) is 18.1 Å². The number of carbonyl (C=O) groups excluding carboxylic acids is 4. The molecule has 2 aromatic rings. The maximum Gasteiger partial charge on any atom is 0.330 e. The Hall–Kier alpha value is -3.33. The van der Waals surface area contributed by atoms with Crippen molar-refractivity contribution in [1.29, 1.82) is 0 Å². The Morgan fingerprint density at radius 1 is 1.06 bits per heavy atom. The van der Waals surface area contributed by atoms with Crippen molar-refractivity contribution in [3.05, 3.63) is 71.8 Å². The van der Waals surface area contributed by atoms with Crippen LogP contribution in [0.25, 0.3) is 0 Å². The molecule has 2 amide bonds. The number of nitrogens with one attached hydrogen (secondary N) is 1. The minimum atomic E-state index is -1.86. The van der Waals surface area contributed by atoms with Crippen LogP contribution >= 0.6 is 11.8 Å². The molecule has 33 heavy (non-hydrogen) atoms. The molecule has 2 aliphatic heterocycles. The molecule has 0 saturated carbocycles. The molecule has 0 unspecified atom stereocenters. The minimum absolute atomic E-state index is 0.0153. The minimum Gasteiger partial charge on any atom is -0.459 e. The fourth-order valence-corrected chi connectivity index (χ4v) is 5.81. The van der Waals surface area contributed by atoms with Crippen molar-refractivity contribution < 1.29 is 28.7 Å². The molecule has 0 bridgehead atoms. The van der Waals surface area contributed by atoms with Crippen LogP contribution in [0.1, 0.15) is 25.0 Å². The summed E-state index contributed by atoms with van der Waals surface area (Å²) in [5, 5.41) is 1.85. The summed E-state index contributed by atoms with van der Waals surface area (Å²) < 4.78 is 9.94. The maximum atomic E-state index is 13.2. The lowest BCUT2D eigenvalue weighted by Crippen LogP contribution is -2.80. The van der Waals surface area contributed by atoms with Gasteiger partial charge >= 0.3 is 5.97 Å². The molecular weight excluding hydrogens is 444 g/mol. The van der Waals surface area contributed by atoms with Gasteiger partial charge in [0.2, 0.25) is 5.91 Å². The summed E-state index contributed by atoms with van der Waals surface area (Å²) in [5.74, 6) is -1.67. The molecule has 9 heteroatoms. The second kappa shape index (κ2) is 8.90. The third kappa shape index (κ3) is 4.20. The van der Waals surface area contributed by atoms with Crippen LogP contribution in [0.5, 0.6) is 0 Å². The zero-order chi connectivity index (χ0) is 23.6. The fraction of sp³-hybridized carbons (Fsp3) is 0.333. The lowest BCUT2D eigenvalue weighted by Gasteiger charge is -2.50. The molecule has 2 aliphatic rings. The van der Waals surface area contributed by atoms with E-state index in [0.717, 1.165) is 11.1 Å². The topological polar surface area (TPSA) is 102 Å². The third-order valence-corrected chi connectivity index (χ3v) is 7.33. The average Bonchev–Trinajstić information content (AvgIpc) is 3.07. The Bertz CT molecular complexity index is 1060. The summed E-state index contributed by atoms with van der Waals surface area (Å²) in [6.45, 7) is 3.85. The SMILES string of the molecule is CC1(C)S[C@H]2N(C(=O)[C@]2(NC(=O)Cc2ccccc2)OC=O)[C@H]1C(=O)OCc1ccccc1. The highest BCUT2D eigenvalue weighted by atomic mass is 32.2. The summed E-state index contributed by atoms with van der Waals surface area (Å²) in [7, 11) is 0. The van der Waals surface area contributed by atoms with Gasteiger partial charge in [0.05, 0.1) is 6.42 Å². The van der Waals surface area contributed by atoms with E-state index >= 15 is 0 Å². The molecule has 0 aromatic heterocycles. The van der Waals surface area contributed by atoms with E-state index in [9.17, 15) is 19.2 Å². The van der Waals surface area contributed by atoms with Crippen LogP contribution in [0.2, 0.25) is 0 Å². The maximum absolute atomic E-state index is 13.2. The van der Waals surface area contributed by atoms with E-state index in [1.807, 2.05) is 50.2 Å². The highest BCUT2D eigenvalue weighted by molar-refractivity contribution is 8.01. The summed E-state index contributed by atoms with van der Waals surface area (Å²) >= 11 is 1.28. The van der Waals surface area contributed by atoms with E-state index in [0.29, 0.717) is 0 Å². The molecule has 4 rings (SSSR count). The highest BCUT2D eigenvalue weighted by Gasteiger charge is 2.74. The van der Waals surface area contributed by atoms with Crippen molar-refractivity contribution >= 4 is 36.0 Å². The molecule has 172 valence electrons. The monoisotopic (exact) mass is 468 g/mol. The number of β-lactam (4-membered cyclic amide) rings is 1. The first-order chi connectivity index (χ1) is 15.8. The Morgan fingerprint density at radius 2 is 1.67 bits per heavy atom. The van der Waals surface area contributed by atoms with Gasteiger partial charge in [0.1, 0.15) is 18.0 Å². The summed E-state index contributed by atoms with van der Waals surface area (Å²) in [5.41, 5.74) is -0.279. The molecule has 0 aliphatic carbocycles. The molecule has 0 spiro atoms. The molecular formula is C24H24N2O6S. The molecule has 1 N–H and O–H groups in total. The standard InChI is InChI=1S/C24H24N2O6S/c1-23(2)19(20(29)31-14-17-11-7-4-8-12-17)26-21(30)24(32-15-27,22(26)33-23)25-18(28)13-16-9-5-3-6-10-16/h3-12,15,19,22H,13-14H2,1-2H3,(H,25,28)/t19-,22+,24-/m0/s1. The van der Waals surface area contributed by atoms with Crippen molar-refractivity contribution in [2.45, 2.75) is 48.8 Å². The quantitative estimate of drug-likeness (QED) is 0.274. The summed E-state index contributed by atoms with van der Waals surface area (Å²) in [6.07, 6.45) is 0.0153. The molecule has 8 nitrogen and oxygen atoms in total. The molecule has 3 atom stereocenters. The van der Waals surface area contributed by atoms with Crippen LogP contribution in [0, 0.1) is 0 Å².